The summed E-state index contributed by atoms with van der Waals surface area (Å²) in [6, 6.07) is 13.8. The van der Waals surface area contributed by atoms with E-state index in [1.165, 1.54) is 0 Å². The van der Waals surface area contributed by atoms with Gasteiger partial charge in [0, 0.05) is 17.8 Å². The first-order valence-electron chi connectivity index (χ1n) is 5.63. The van der Waals surface area contributed by atoms with Crippen LogP contribution in [-0.4, -0.2) is 14.8 Å². The number of nitrogens with zero attached hydrogens (tertiary/aromatic N) is 4. The number of rotatable bonds is 2. The molecule has 4 heteroatoms. The van der Waals surface area contributed by atoms with Gasteiger partial charge in [-0.2, -0.15) is 10.4 Å². The Morgan fingerprint density at radius 1 is 1.17 bits per heavy atom. The highest BCUT2D eigenvalue weighted by molar-refractivity contribution is 5.84. The highest BCUT2D eigenvalue weighted by Gasteiger charge is 2.09. The maximum absolute atomic E-state index is 9.08. The zero-order valence-corrected chi connectivity index (χ0v) is 9.61. The summed E-state index contributed by atoms with van der Waals surface area (Å²) in [7, 11) is 0. The second kappa shape index (κ2) is 4.30. The molecule has 0 aliphatic rings. The van der Waals surface area contributed by atoms with Gasteiger partial charge in [-0.15, -0.1) is 0 Å². The van der Waals surface area contributed by atoms with Crippen LogP contribution in [0.5, 0.6) is 0 Å². The number of fused-ring (bicyclic) bond motifs is 1. The molecule has 4 nitrogen and oxygen atoms in total. The van der Waals surface area contributed by atoms with E-state index in [1.54, 1.807) is 6.20 Å². The summed E-state index contributed by atoms with van der Waals surface area (Å²) in [6.07, 6.45) is 3.55. The van der Waals surface area contributed by atoms with Gasteiger partial charge in [-0.25, -0.2) is 0 Å². The Balaban J connectivity index is 2.11. The summed E-state index contributed by atoms with van der Waals surface area (Å²) < 4.78 is 1.84. The minimum absolute atomic E-state index is 0.467. The lowest BCUT2D eigenvalue weighted by molar-refractivity contribution is 0.706. The van der Waals surface area contributed by atoms with Gasteiger partial charge >= 0.3 is 0 Å². The van der Waals surface area contributed by atoms with Crippen LogP contribution in [0.1, 0.15) is 11.3 Å². The molecule has 18 heavy (non-hydrogen) atoms. The van der Waals surface area contributed by atoms with Gasteiger partial charge in [-0.1, -0.05) is 18.2 Å². The molecule has 0 saturated heterocycles. The predicted octanol–water partition coefficient (Wildman–Crippen LogP) is 2.35. The number of hydrogen-bond donors (Lipinski definition) is 0. The van der Waals surface area contributed by atoms with E-state index in [9.17, 15) is 0 Å². The maximum atomic E-state index is 9.08. The molecule has 0 N–H and O–H groups in total. The Kier molecular flexibility index (Phi) is 2.50. The van der Waals surface area contributed by atoms with Gasteiger partial charge in [0.25, 0.3) is 0 Å². The summed E-state index contributed by atoms with van der Waals surface area (Å²) >= 11 is 0. The number of benzene rings is 1. The summed E-state index contributed by atoms with van der Waals surface area (Å²) in [5.41, 5.74) is 2.50. The average molecular weight is 234 g/mol. The SMILES string of the molecule is N#Cc1nn(Cc2cccnc2)c2ccccc12. The van der Waals surface area contributed by atoms with Gasteiger partial charge in [-0.05, 0) is 23.8 Å². The van der Waals surface area contributed by atoms with Crippen molar-refractivity contribution in [1.29, 1.82) is 5.26 Å². The average Bonchev–Trinajstić information content (AvgIpc) is 2.78. The van der Waals surface area contributed by atoms with Crippen molar-refractivity contribution in [2.75, 3.05) is 0 Å². The molecule has 0 radical (unpaired) electrons. The van der Waals surface area contributed by atoms with E-state index < -0.39 is 0 Å². The molecule has 0 fully saturated rings. The highest BCUT2D eigenvalue weighted by Crippen LogP contribution is 2.18. The van der Waals surface area contributed by atoms with Gasteiger partial charge in [0.05, 0.1) is 12.1 Å². The Labute approximate surface area is 104 Å². The summed E-state index contributed by atoms with van der Waals surface area (Å²) in [5, 5.41) is 14.3. The third-order valence-electron chi connectivity index (χ3n) is 2.82. The molecular weight excluding hydrogens is 224 g/mol. The first-order valence-corrected chi connectivity index (χ1v) is 5.63. The lowest BCUT2D eigenvalue weighted by Gasteiger charge is -2.02. The van der Waals surface area contributed by atoms with Gasteiger partial charge in [-0.3, -0.25) is 9.67 Å². The van der Waals surface area contributed by atoms with Crippen LogP contribution in [-0.2, 0) is 6.54 Å². The minimum Gasteiger partial charge on any atom is -0.264 e. The van der Waals surface area contributed by atoms with E-state index >= 15 is 0 Å². The van der Waals surface area contributed by atoms with Crippen molar-refractivity contribution >= 4 is 10.9 Å². The van der Waals surface area contributed by atoms with E-state index in [2.05, 4.69) is 16.2 Å². The van der Waals surface area contributed by atoms with Crippen molar-refractivity contribution < 1.29 is 0 Å². The third-order valence-corrected chi connectivity index (χ3v) is 2.82. The van der Waals surface area contributed by atoms with E-state index in [1.807, 2.05) is 47.3 Å². The zero-order valence-electron chi connectivity index (χ0n) is 9.61. The standard InChI is InChI=1S/C14H10N4/c15-8-13-12-5-1-2-6-14(12)18(17-13)10-11-4-3-7-16-9-11/h1-7,9H,10H2. The van der Waals surface area contributed by atoms with E-state index in [4.69, 9.17) is 5.26 Å². The van der Waals surface area contributed by atoms with Crippen LogP contribution >= 0.6 is 0 Å². The largest absolute Gasteiger partial charge is 0.264 e. The van der Waals surface area contributed by atoms with Crippen molar-refractivity contribution in [3.05, 3.63) is 60.0 Å². The minimum atomic E-state index is 0.467. The van der Waals surface area contributed by atoms with Crippen LogP contribution in [0, 0.1) is 11.3 Å². The third kappa shape index (κ3) is 1.72. The Hall–Kier alpha value is -2.67. The van der Waals surface area contributed by atoms with E-state index in [-0.39, 0.29) is 0 Å². The monoisotopic (exact) mass is 234 g/mol. The fraction of sp³-hybridized carbons (Fsp3) is 0.0714. The molecule has 2 heterocycles. The molecule has 0 atom stereocenters. The summed E-state index contributed by atoms with van der Waals surface area (Å²) in [6.45, 7) is 0.621. The molecule has 0 aliphatic carbocycles. The summed E-state index contributed by atoms with van der Waals surface area (Å²) in [5.74, 6) is 0. The molecule has 2 aromatic heterocycles. The quantitative estimate of drug-likeness (QED) is 0.684. The molecule has 3 aromatic rings. The first kappa shape index (κ1) is 10.5. The lowest BCUT2D eigenvalue weighted by atomic mass is 10.2. The van der Waals surface area contributed by atoms with Gasteiger partial charge in [0.2, 0.25) is 0 Å². The van der Waals surface area contributed by atoms with Crippen LogP contribution in [0.2, 0.25) is 0 Å². The van der Waals surface area contributed by atoms with Crippen LogP contribution in [0.3, 0.4) is 0 Å². The number of pyridine rings is 1. The Morgan fingerprint density at radius 2 is 2.06 bits per heavy atom. The van der Waals surface area contributed by atoms with Crippen molar-refractivity contribution in [2.24, 2.45) is 0 Å². The van der Waals surface area contributed by atoms with Gasteiger partial charge < -0.3 is 0 Å². The van der Waals surface area contributed by atoms with Crippen LogP contribution in [0.15, 0.2) is 48.8 Å². The van der Waals surface area contributed by atoms with Crippen molar-refractivity contribution in [3.63, 3.8) is 0 Å². The molecule has 0 saturated carbocycles. The number of hydrogen-bond acceptors (Lipinski definition) is 3. The predicted molar refractivity (Wildman–Crippen MR) is 67.8 cm³/mol. The van der Waals surface area contributed by atoms with Crippen LogP contribution < -0.4 is 0 Å². The lowest BCUT2D eigenvalue weighted by Crippen LogP contribution is -2.01. The number of nitriles is 1. The molecular formula is C14H10N4. The Bertz CT molecular complexity index is 722. The molecule has 0 amide bonds. The second-order valence-corrected chi connectivity index (χ2v) is 4.00. The van der Waals surface area contributed by atoms with Crippen molar-refractivity contribution in [2.45, 2.75) is 6.54 Å². The molecule has 1 aromatic carbocycles. The van der Waals surface area contributed by atoms with Gasteiger partial charge in [0.1, 0.15) is 6.07 Å². The zero-order chi connectivity index (χ0) is 12.4. The fourth-order valence-corrected chi connectivity index (χ4v) is 2.00. The maximum Gasteiger partial charge on any atom is 0.170 e. The topological polar surface area (TPSA) is 54.5 Å². The van der Waals surface area contributed by atoms with Crippen LogP contribution in [0.25, 0.3) is 10.9 Å². The molecule has 0 spiro atoms. The highest BCUT2D eigenvalue weighted by atomic mass is 15.3. The van der Waals surface area contributed by atoms with Crippen molar-refractivity contribution in [1.82, 2.24) is 14.8 Å². The second-order valence-electron chi connectivity index (χ2n) is 4.00. The summed E-state index contributed by atoms with van der Waals surface area (Å²) in [4.78, 5) is 4.08. The molecule has 86 valence electrons. The molecule has 3 rings (SSSR count). The van der Waals surface area contributed by atoms with Crippen molar-refractivity contribution in [3.8, 4) is 6.07 Å². The Morgan fingerprint density at radius 3 is 2.83 bits per heavy atom. The fourth-order valence-electron chi connectivity index (χ4n) is 2.00. The molecule has 0 aliphatic heterocycles. The smallest absolute Gasteiger partial charge is 0.170 e. The first-order chi connectivity index (χ1) is 8.88. The van der Waals surface area contributed by atoms with E-state index in [0.29, 0.717) is 12.2 Å². The normalized spacial score (nSPS) is 10.4. The molecule has 0 bridgehead atoms. The van der Waals surface area contributed by atoms with Gasteiger partial charge in [0.15, 0.2) is 5.69 Å². The van der Waals surface area contributed by atoms with Crippen LogP contribution in [0.4, 0.5) is 0 Å². The number of para-hydroxylation sites is 1. The number of aromatic nitrogens is 3. The molecule has 0 unspecified atom stereocenters. The van der Waals surface area contributed by atoms with E-state index in [0.717, 1.165) is 16.5 Å².